The Morgan fingerprint density at radius 3 is 2.62 bits per heavy atom. The Kier molecular flexibility index (Phi) is 5.32. The summed E-state index contributed by atoms with van der Waals surface area (Å²) in [5, 5.41) is 15.4. The van der Waals surface area contributed by atoms with Gasteiger partial charge in [0.05, 0.1) is 24.3 Å². The number of pyridine rings is 1. The molecule has 4 atom stereocenters. The minimum absolute atomic E-state index is 0.0101. The first-order chi connectivity index (χ1) is 13.9. The van der Waals surface area contributed by atoms with Crippen LogP contribution in [0.5, 0.6) is 0 Å². The summed E-state index contributed by atoms with van der Waals surface area (Å²) in [6, 6.07) is 1.36. The Bertz CT molecular complexity index is 1000. The number of rotatable bonds is 2. The zero-order valence-corrected chi connectivity index (χ0v) is 15.3. The van der Waals surface area contributed by atoms with E-state index in [1.807, 2.05) is 0 Å². The van der Waals surface area contributed by atoms with Crippen LogP contribution in [0.1, 0.15) is 22.8 Å². The molecule has 3 heterocycles. The molecule has 29 heavy (non-hydrogen) atoms. The highest BCUT2D eigenvalue weighted by atomic mass is 19.2. The van der Waals surface area contributed by atoms with E-state index in [-0.39, 0.29) is 17.3 Å². The number of alkyl halides is 1. The average molecular weight is 411 g/mol. The van der Waals surface area contributed by atoms with Gasteiger partial charge in [-0.2, -0.15) is 0 Å². The molecule has 0 unspecified atom stereocenters. The van der Waals surface area contributed by atoms with Crippen LogP contribution >= 0.6 is 0 Å². The van der Waals surface area contributed by atoms with Gasteiger partial charge in [-0.1, -0.05) is 0 Å². The standard InChI is InChI=1S/C13H8F3NO3.C6H12N2O/c14-7-1-5-10(2-8(7)15)17(11-3-9(11)16)4-6(12(5)18)13(19)20;1-2-9-6-4-7-3-5(6)8-1/h1-2,4,9,11H,3H2,(H,19,20);5-8H,1-4H2/t9-,11+;5-,6-/m00/s1. The second kappa shape index (κ2) is 7.77. The zero-order valence-electron chi connectivity index (χ0n) is 15.3. The molecule has 1 aromatic heterocycles. The van der Waals surface area contributed by atoms with Gasteiger partial charge < -0.3 is 25.0 Å². The molecule has 2 saturated heterocycles. The summed E-state index contributed by atoms with van der Waals surface area (Å²) in [5.74, 6) is -3.92. The lowest BCUT2D eigenvalue weighted by Gasteiger charge is -2.25. The van der Waals surface area contributed by atoms with Crippen LogP contribution in [0.25, 0.3) is 10.9 Å². The number of hydrogen-bond donors (Lipinski definition) is 3. The first-order valence-corrected chi connectivity index (χ1v) is 9.33. The molecular weight excluding hydrogens is 391 g/mol. The third kappa shape index (κ3) is 3.87. The van der Waals surface area contributed by atoms with Gasteiger partial charge in [-0.05, 0) is 6.07 Å². The number of aromatic nitrogens is 1. The van der Waals surface area contributed by atoms with Crippen LogP contribution in [0.3, 0.4) is 0 Å². The van der Waals surface area contributed by atoms with Gasteiger partial charge in [-0.3, -0.25) is 4.79 Å². The molecule has 0 amide bonds. The first kappa shape index (κ1) is 19.9. The molecule has 7 nitrogen and oxygen atoms in total. The second-order valence-electron chi connectivity index (χ2n) is 7.31. The van der Waals surface area contributed by atoms with E-state index < -0.39 is 40.8 Å². The highest BCUT2D eigenvalue weighted by molar-refractivity contribution is 5.92. The molecule has 1 saturated carbocycles. The number of benzene rings is 1. The Balaban J connectivity index is 0.000000188. The number of fused-ring (bicyclic) bond motifs is 2. The van der Waals surface area contributed by atoms with Gasteiger partial charge in [0.1, 0.15) is 11.7 Å². The van der Waals surface area contributed by atoms with Gasteiger partial charge >= 0.3 is 5.97 Å². The molecule has 1 aromatic carbocycles. The van der Waals surface area contributed by atoms with Gasteiger partial charge in [0.15, 0.2) is 11.6 Å². The Morgan fingerprint density at radius 2 is 1.97 bits per heavy atom. The Hall–Kier alpha value is -2.43. The maximum absolute atomic E-state index is 13.3. The van der Waals surface area contributed by atoms with Gasteiger partial charge in [-0.15, -0.1) is 0 Å². The van der Waals surface area contributed by atoms with Crippen molar-refractivity contribution in [2.75, 3.05) is 26.2 Å². The van der Waals surface area contributed by atoms with Crippen LogP contribution in [-0.2, 0) is 4.74 Å². The van der Waals surface area contributed by atoms with Gasteiger partial charge in [0.2, 0.25) is 5.43 Å². The molecule has 0 bridgehead atoms. The molecule has 3 aliphatic rings. The van der Waals surface area contributed by atoms with Crippen LogP contribution in [-0.4, -0.2) is 60.2 Å². The summed E-state index contributed by atoms with van der Waals surface area (Å²) in [7, 11) is 0. The van der Waals surface area contributed by atoms with Crippen LogP contribution in [0.15, 0.2) is 23.1 Å². The highest BCUT2D eigenvalue weighted by Gasteiger charge is 2.40. The van der Waals surface area contributed by atoms with E-state index in [4.69, 9.17) is 9.84 Å². The van der Waals surface area contributed by atoms with E-state index >= 15 is 0 Å². The predicted octanol–water partition coefficient (Wildman–Crippen LogP) is 1.21. The van der Waals surface area contributed by atoms with Crippen molar-refractivity contribution in [1.82, 2.24) is 15.2 Å². The number of morpholine rings is 1. The van der Waals surface area contributed by atoms with E-state index in [1.54, 1.807) is 0 Å². The summed E-state index contributed by atoms with van der Waals surface area (Å²) in [4.78, 5) is 23.0. The van der Waals surface area contributed by atoms with Crippen molar-refractivity contribution < 1.29 is 27.8 Å². The SMILES string of the molecule is C1CO[C@H]2CNC[C@@H]2N1.O=C(O)c1cn([C@@H]2C[C@@H]2F)c2cc(F)c(F)cc2c1=O. The van der Waals surface area contributed by atoms with E-state index in [1.165, 1.54) is 4.57 Å². The molecule has 3 N–H and O–H groups in total. The van der Waals surface area contributed by atoms with Crippen molar-refractivity contribution in [1.29, 1.82) is 0 Å². The first-order valence-electron chi connectivity index (χ1n) is 9.33. The summed E-state index contributed by atoms with van der Waals surface area (Å²) in [5.41, 5.74) is -1.52. The monoisotopic (exact) mass is 411 g/mol. The molecule has 5 rings (SSSR count). The van der Waals surface area contributed by atoms with Crippen LogP contribution in [0.2, 0.25) is 0 Å². The maximum atomic E-state index is 13.3. The lowest BCUT2D eigenvalue weighted by atomic mass is 10.1. The van der Waals surface area contributed by atoms with Crippen LogP contribution in [0.4, 0.5) is 13.2 Å². The summed E-state index contributed by atoms with van der Waals surface area (Å²) in [6.45, 7) is 3.99. The number of nitrogens with zero attached hydrogens (tertiary/aromatic N) is 1. The minimum Gasteiger partial charge on any atom is -0.477 e. The molecule has 2 aromatic rings. The second-order valence-corrected chi connectivity index (χ2v) is 7.31. The van der Waals surface area contributed by atoms with Crippen molar-refractivity contribution in [3.63, 3.8) is 0 Å². The van der Waals surface area contributed by atoms with Crippen molar-refractivity contribution >= 4 is 16.9 Å². The molecular formula is C19H20F3N3O4. The largest absolute Gasteiger partial charge is 0.477 e. The summed E-state index contributed by atoms with van der Waals surface area (Å²) < 4.78 is 46.4. The molecule has 156 valence electrons. The van der Waals surface area contributed by atoms with Crippen LogP contribution < -0.4 is 16.1 Å². The quantitative estimate of drug-likeness (QED) is 0.688. The number of carboxylic acids is 1. The number of halogens is 3. The number of hydrogen-bond acceptors (Lipinski definition) is 5. The van der Waals surface area contributed by atoms with Gasteiger partial charge in [0, 0.05) is 49.7 Å². The summed E-state index contributed by atoms with van der Waals surface area (Å²) in [6.07, 6.45) is 0.388. The number of carbonyl (C=O) groups is 1. The molecule has 1 aliphatic carbocycles. The lowest BCUT2D eigenvalue weighted by Crippen LogP contribution is -2.47. The van der Waals surface area contributed by atoms with Crippen molar-refractivity contribution in [2.24, 2.45) is 0 Å². The van der Waals surface area contributed by atoms with E-state index in [0.29, 0.717) is 18.2 Å². The average Bonchev–Trinajstić information content (AvgIpc) is 3.22. The molecule has 0 radical (unpaired) electrons. The molecule has 0 spiro atoms. The normalized spacial score (nSPS) is 27.8. The van der Waals surface area contributed by atoms with Gasteiger partial charge in [0.25, 0.3) is 0 Å². The van der Waals surface area contributed by atoms with Crippen molar-refractivity contribution in [2.45, 2.75) is 30.8 Å². The molecule has 3 fully saturated rings. The number of nitrogens with one attached hydrogen (secondary N) is 2. The lowest BCUT2D eigenvalue weighted by molar-refractivity contribution is 0.0207. The third-order valence-electron chi connectivity index (χ3n) is 5.34. The van der Waals surface area contributed by atoms with Crippen molar-refractivity contribution in [3.05, 3.63) is 45.8 Å². The Morgan fingerprint density at radius 1 is 1.24 bits per heavy atom. The van der Waals surface area contributed by atoms with E-state index in [9.17, 15) is 22.8 Å². The summed E-state index contributed by atoms with van der Waals surface area (Å²) >= 11 is 0. The topological polar surface area (TPSA) is 92.6 Å². The van der Waals surface area contributed by atoms with E-state index in [2.05, 4.69) is 10.6 Å². The predicted molar refractivity (Wildman–Crippen MR) is 98.0 cm³/mol. The third-order valence-corrected chi connectivity index (χ3v) is 5.34. The molecule has 10 heteroatoms. The zero-order chi connectivity index (χ0) is 20.7. The fourth-order valence-electron chi connectivity index (χ4n) is 3.70. The fourth-order valence-corrected chi connectivity index (χ4v) is 3.70. The number of carboxylic acid groups (broad SMARTS) is 1. The molecule has 2 aliphatic heterocycles. The number of ether oxygens (including phenoxy) is 1. The van der Waals surface area contributed by atoms with E-state index in [0.717, 1.165) is 38.5 Å². The van der Waals surface area contributed by atoms with Crippen molar-refractivity contribution in [3.8, 4) is 0 Å². The maximum Gasteiger partial charge on any atom is 0.341 e. The highest BCUT2D eigenvalue weighted by Crippen LogP contribution is 2.40. The number of aromatic carboxylic acids is 1. The van der Waals surface area contributed by atoms with Crippen LogP contribution in [0, 0.1) is 11.6 Å². The fraction of sp³-hybridized carbons (Fsp3) is 0.474. The minimum atomic E-state index is -1.49. The Labute approximate surface area is 163 Å². The van der Waals surface area contributed by atoms with Gasteiger partial charge in [-0.25, -0.2) is 18.0 Å². The smallest absolute Gasteiger partial charge is 0.341 e.